The van der Waals surface area contributed by atoms with Gasteiger partial charge in [0.2, 0.25) is 5.88 Å². The Labute approximate surface area is 95.8 Å². The molecule has 0 unspecified atom stereocenters. The Bertz CT molecular complexity index is 587. The zero-order valence-corrected chi connectivity index (χ0v) is 8.89. The molecular formula is C11H9NO5. The lowest BCUT2D eigenvalue weighted by atomic mass is 10.2. The summed E-state index contributed by atoms with van der Waals surface area (Å²) in [4.78, 5) is 24.8. The van der Waals surface area contributed by atoms with Crippen LogP contribution in [0.3, 0.4) is 0 Å². The lowest BCUT2D eigenvalue weighted by Crippen LogP contribution is -2.08. The van der Waals surface area contributed by atoms with Crippen LogP contribution in [0.1, 0.15) is 10.4 Å². The van der Waals surface area contributed by atoms with E-state index in [0.717, 1.165) is 0 Å². The Balaban J connectivity index is 2.64. The zero-order valence-electron chi connectivity index (χ0n) is 8.89. The van der Waals surface area contributed by atoms with Crippen LogP contribution in [-0.2, 0) is 4.74 Å². The van der Waals surface area contributed by atoms with Gasteiger partial charge in [0.25, 0.3) is 0 Å². The number of nitrogens with one attached hydrogen (secondary N) is 1. The van der Waals surface area contributed by atoms with Crippen molar-refractivity contribution in [1.29, 1.82) is 0 Å². The van der Waals surface area contributed by atoms with E-state index in [9.17, 15) is 9.59 Å². The first-order chi connectivity index (χ1) is 8.13. The van der Waals surface area contributed by atoms with E-state index in [2.05, 4.69) is 14.5 Å². The predicted octanol–water partition coefficient (Wildman–Crippen LogP) is 2.01. The van der Waals surface area contributed by atoms with E-state index in [4.69, 9.17) is 5.11 Å². The van der Waals surface area contributed by atoms with Gasteiger partial charge in [0, 0.05) is 10.9 Å². The molecule has 1 heterocycles. The van der Waals surface area contributed by atoms with Gasteiger partial charge in [-0.3, -0.25) is 0 Å². The fraction of sp³-hybridized carbons (Fsp3) is 0.0909. The number of carboxylic acid groups (broad SMARTS) is 1. The van der Waals surface area contributed by atoms with E-state index in [0.29, 0.717) is 10.9 Å². The van der Waals surface area contributed by atoms with Gasteiger partial charge in [-0.25, -0.2) is 9.59 Å². The summed E-state index contributed by atoms with van der Waals surface area (Å²) < 4.78 is 9.11. The first kappa shape index (κ1) is 11.0. The summed E-state index contributed by atoms with van der Waals surface area (Å²) in [5, 5.41) is 9.13. The first-order valence-corrected chi connectivity index (χ1v) is 4.73. The van der Waals surface area contributed by atoms with Crippen molar-refractivity contribution < 1.29 is 24.2 Å². The molecule has 0 bridgehead atoms. The second-order valence-electron chi connectivity index (χ2n) is 3.23. The summed E-state index contributed by atoms with van der Waals surface area (Å²) in [6.07, 6.45) is -1.50. The Morgan fingerprint density at radius 1 is 1.29 bits per heavy atom. The summed E-state index contributed by atoms with van der Waals surface area (Å²) in [7, 11) is 1.22. The molecule has 1 aromatic carbocycles. The molecule has 0 atom stereocenters. The molecule has 0 saturated heterocycles. The Morgan fingerprint density at radius 3 is 2.65 bits per heavy atom. The minimum atomic E-state index is -1.50. The highest BCUT2D eigenvalue weighted by molar-refractivity contribution is 6.07. The standard InChI is InChI=1S/C11H9NO5/c1-16-10(13)8-6-4-2-3-5-7(6)12-9(8)17-11(14)15/h2-5,12H,1H3,(H,14,15). The van der Waals surface area contributed by atoms with Crippen LogP contribution < -0.4 is 4.74 Å². The summed E-state index contributed by atoms with van der Waals surface area (Å²) >= 11 is 0. The maximum absolute atomic E-state index is 11.6. The number of H-pyrrole nitrogens is 1. The van der Waals surface area contributed by atoms with Gasteiger partial charge in [-0.2, -0.15) is 0 Å². The largest absolute Gasteiger partial charge is 0.512 e. The van der Waals surface area contributed by atoms with Crippen LogP contribution in [0, 0.1) is 0 Å². The molecule has 0 amide bonds. The molecule has 0 aliphatic rings. The summed E-state index contributed by atoms with van der Waals surface area (Å²) in [6, 6.07) is 6.86. The van der Waals surface area contributed by atoms with Crippen molar-refractivity contribution in [3.8, 4) is 5.88 Å². The van der Waals surface area contributed by atoms with Crippen LogP contribution in [0.2, 0.25) is 0 Å². The van der Waals surface area contributed by atoms with Crippen molar-refractivity contribution in [2.75, 3.05) is 7.11 Å². The topological polar surface area (TPSA) is 88.6 Å². The van der Waals surface area contributed by atoms with Gasteiger partial charge >= 0.3 is 12.1 Å². The minimum Gasteiger partial charge on any atom is -0.465 e. The van der Waals surface area contributed by atoms with Crippen molar-refractivity contribution in [2.45, 2.75) is 0 Å². The molecule has 6 heteroatoms. The van der Waals surface area contributed by atoms with E-state index in [1.54, 1.807) is 24.3 Å². The van der Waals surface area contributed by atoms with Gasteiger partial charge < -0.3 is 19.6 Å². The van der Waals surface area contributed by atoms with Crippen molar-refractivity contribution in [3.63, 3.8) is 0 Å². The lowest BCUT2D eigenvalue weighted by Gasteiger charge is -2.00. The average Bonchev–Trinajstić information content (AvgIpc) is 2.65. The molecule has 1 aromatic heterocycles. The molecule has 0 aliphatic carbocycles. The van der Waals surface area contributed by atoms with Gasteiger partial charge in [0.05, 0.1) is 7.11 Å². The number of para-hydroxylation sites is 1. The van der Waals surface area contributed by atoms with Gasteiger partial charge in [0.1, 0.15) is 5.56 Å². The Hall–Kier alpha value is -2.50. The molecule has 88 valence electrons. The lowest BCUT2D eigenvalue weighted by molar-refractivity contribution is 0.0599. The van der Waals surface area contributed by atoms with Crippen molar-refractivity contribution in [2.24, 2.45) is 0 Å². The van der Waals surface area contributed by atoms with Crippen LogP contribution in [0.15, 0.2) is 24.3 Å². The molecular weight excluding hydrogens is 226 g/mol. The number of ether oxygens (including phenoxy) is 2. The Morgan fingerprint density at radius 2 is 2.00 bits per heavy atom. The maximum Gasteiger partial charge on any atom is 0.512 e. The van der Waals surface area contributed by atoms with Crippen molar-refractivity contribution >= 4 is 23.0 Å². The smallest absolute Gasteiger partial charge is 0.465 e. The second kappa shape index (κ2) is 4.17. The van der Waals surface area contributed by atoms with Crippen LogP contribution in [0.5, 0.6) is 5.88 Å². The summed E-state index contributed by atoms with van der Waals surface area (Å²) in [5.41, 5.74) is 0.676. The SMILES string of the molecule is COC(=O)c1c(OC(=O)O)[nH]c2ccccc12. The quantitative estimate of drug-likeness (QED) is 0.777. The second-order valence-corrected chi connectivity index (χ2v) is 3.23. The van der Waals surface area contributed by atoms with E-state index in [1.807, 2.05) is 0 Å². The number of aromatic nitrogens is 1. The molecule has 0 spiro atoms. The van der Waals surface area contributed by atoms with Gasteiger partial charge in [-0.15, -0.1) is 0 Å². The molecule has 0 radical (unpaired) electrons. The van der Waals surface area contributed by atoms with E-state index >= 15 is 0 Å². The highest BCUT2D eigenvalue weighted by atomic mass is 16.7. The molecule has 17 heavy (non-hydrogen) atoms. The normalized spacial score (nSPS) is 10.2. The van der Waals surface area contributed by atoms with E-state index in [-0.39, 0.29) is 11.4 Å². The predicted molar refractivity (Wildman–Crippen MR) is 58.3 cm³/mol. The number of carbonyl (C=O) groups excluding carboxylic acids is 1. The average molecular weight is 235 g/mol. The van der Waals surface area contributed by atoms with Crippen LogP contribution in [0.25, 0.3) is 10.9 Å². The van der Waals surface area contributed by atoms with Gasteiger partial charge in [-0.1, -0.05) is 18.2 Å². The summed E-state index contributed by atoms with van der Waals surface area (Å²) in [6.45, 7) is 0. The minimum absolute atomic E-state index is 0.0745. The third kappa shape index (κ3) is 1.92. The zero-order chi connectivity index (χ0) is 12.4. The number of fused-ring (bicyclic) bond motifs is 1. The third-order valence-electron chi connectivity index (χ3n) is 2.25. The van der Waals surface area contributed by atoms with Gasteiger partial charge in [0.15, 0.2) is 0 Å². The number of esters is 1. The molecule has 2 aromatic rings. The highest BCUT2D eigenvalue weighted by Gasteiger charge is 2.21. The molecule has 0 saturated carbocycles. The number of carbonyl (C=O) groups is 2. The summed E-state index contributed by atoms with van der Waals surface area (Å²) in [5.74, 6) is -0.788. The number of hydrogen-bond donors (Lipinski definition) is 2. The van der Waals surface area contributed by atoms with Crippen molar-refractivity contribution in [1.82, 2.24) is 4.98 Å². The fourth-order valence-electron chi connectivity index (χ4n) is 1.59. The van der Waals surface area contributed by atoms with Crippen molar-refractivity contribution in [3.05, 3.63) is 29.8 Å². The number of rotatable bonds is 2. The van der Waals surface area contributed by atoms with Crippen LogP contribution in [-0.4, -0.2) is 29.3 Å². The Kier molecular flexibility index (Phi) is 2.70. The molecule has 2 N–H and O–H groups in total. The molecule has 2 rings (SSSR count). The van der Waals surface area contributed by atoms with Crippen LogP contribution in [0.4, 0.5) is 4.79 Å². The van der Waals surface area contributed by atoms with E-state index < -0.39 is 12.1 Å². The molecule has 0 aliphatic heterocycles. The third-order valence-corrected chi connectivity index (χ3v) is 2.25. The number of benzene rings is 1. The number of hydrogen-bond acceptors (Lipinski definition) is 4. The maximum atomic E-state index is 11.6. The first-order valence-electron chi connectivity index (χ1n) is 4.73. The monoisotopic (exact) mass is 235 g/mol. The molecule has 0 fully saturated rings. The van der Waals surface area contributed by atoms with E-state index in [1.165, 1.54) is 7.11 Å². The molecule has 6 nitrogen and oxygen atoms in total. The number of aromatic amines is 1. The fourth-order valence-corrected chi connectivity index (χ4v) is 1.59. The van der Waals surface area contributed by atoms with Gasteiger partial charge in [-0.05, 0) is 6.07 Å². The van der Waals surface area contributed by atoms with Crippen LogP contribution >= 0.6 is 0 Å². The highest BCUT2D eigenvalue weighted by Crippen LogP contribution is 2.28. The number of methoxy groups -OCH3 is 1.